The molecule has 0 saturated heterocycles. The third-order valence-electron chi connectivity index (χ3n) is 2.49. The monoisotopic (exact) mass is 334 g/mol. The Morgan fingerprint density at radius 2 is 2.10 bits per heavy atom. The van der Waals surface area contributed by atoms with E-state index in [1.165, 1.54) is 12.3 Å². The molecule has 7 nitrogen and oxygen atoms in total. The highest BCUT2D eigenvalue weighted by atomic mass is 35.5. The zero-order chi connectivity index (χ0) is 16.0. The Balaban J connectivity index is 2.69. The van der Waals surface area contributed by atoms with Gasteiger partial charge in [-0.2, -0.15) is 0 Å². The van der Waals surface area contributed by atoms with Gasteiger partial charge < -0.3 is 10.6 Å². The van der Waals surface area contributed by atoms with Crippen molar-refractivity contribution in [3.8, 4) is 0 Å². The number of pyridine rings is 1. The number of hydrogen-bond donors (Lipinski definition) is 3. The molecule has 1 amide bonds. The van der Waals surface area contributed by atoms with Gasteiger partial charge in [-0.1, -0.05) is 25.4 Å². The first kappa shape index (κ1) is 17.7. The Morgan fingerprint density at radius 3 is 2.62 bits per heavy atom. The second-order valence-electron chi connectivity index (χ2n) is 4.77. The molecule has 0 unspecified atom stereocenters. The lowest BCUT2D eigenvalue weighted by atomic mass is 10.2. The first-order valence-corrected chi connectivity index (χ1v) is 8.22. The van der Waals surface area contributed by atoms with Crippen LogP contribution in [-0.4, -0.2) is 39.4 Å². The standard InChI is InChI=1S/C12H19ClN4O3S/c1-8(2)5-15-11(18)7-17-21(19,20)9-4-10(13)12(14-3)16-6-9/h4,6,8,17H,5,7H2,1-3H3,(H,14,16)(H,15,18). The Bertz CT molecular complexity index is 605. The van der Waals surface area contributed by atoms with Gasteiger partial charge in [0.15, 0.2) is 0 Å². The molecule has 0 saturated carbocycles. The molecule has 0 fully saturated rings. The molecule has 0 aliphatic rings. The number of aromatic nitrogens is 1. The van der Waals surface area contributed by atoms with Crippen LogP contribution >= 0.6 is 11.6 Å². The van der Waals surface area contributed by atoms with Crippen LogP contribution in [0.5, 0.6) is 0 Å². The van der Waals surface area contributed by atoms with Crippen LogP contribution < -0.4 is 15.4 Å². The zero-order valence-electron chi connectivity index (χ0n) is 12.1. The van der Waals surface area contributed by atoms with E-state index >= 15 is 0 Å². The van der Waals surface area contributed by atoms with Crippen molar-refractivity contribution in [2.45, 2.75) is 18.7 Å². The summed E-state index contributed by atoms with van der Waals surface area (Å²) in [5.41, 5.74) is 0. The summed E-state index contributed by atoms with van der Waals surface area (Å²) in [5.74, 6) is 0.283. The molecular formula is C12H19ClN4O3S. The topological polar surface area (TPSA) is 100 Å². The average Bonchev–Trinajstić information content (AvgIpc) is 2.42. The van der Waals surface area contributed by atoms with Crippen molar-refractivity contribution < 1.29 is 13.2 Å². The van der Waals surface area contributed by atoms with Gasteiger partial charge in [-0.05, 0) is 12.0 Å². The molecule has 9 heteroatoms. The van der Waals surface area contributed by atoms with Crippen LogP contribution in [0.15, 0.2) is 17.2 Å². The van der Waals surface area contributed by atoms with E-state index in [9.17, 15) is 13.2 Å². The molecule has 0 aromatic carbocycles. The lowest BCUT2D eigenvalue weighted by molar-refractivity contribution is -0.120. The van der Waals surface area contributed by atoms with Crippen molar-refractivity contribution >= 4 is 33.3 Å². The molecule has 0 bridgehead atoms. The maximum Gasteiger partial charge on any atom is 0.242 e. The summed E-state index contributed by atoms with van der Waals surface area (Å²) >= 11 is 5.89. The Hall–Kier alpha value is -1.38. The summed E-state index contributed by atoms with van der Waals surface area (Å²) in [7, 11) is -2.20. The molecule has 3 N–H and O–H groups in total. The summed E-state index contributed by atoms with van der Waals surface area (Å²) in [6, 6.07) is 1.27. The van der Waals surface area contributed by atoms with Crippen molar-refractivity contribution in [1.29, 1.82) is 0 Å². The highest BCUT2D eigenvalue weighted by molar-refractivity contribution is 7.89. The lowest BCUT2D eigenvalue weighted by Gasteiger charge is -2.10. The number of halogens is 1. The summed E-state index contributed by atoms with van der Waals surface area (Å²) in [4.78, 5) is 15.3. The van der Waals surface area contributed by atoms with Crippen LogP contribution in [0.1, 0.15) is 13.8 Å². The molecule has 1 aromatic rings. The fraction of sp³-hybridized carbons (Fsp3) is 0.500. The second-order valence-corrected chi connectivity index (χ2v) is 6.95. The second kappa shape index (κ2) is 7.58. The number of nitrogens with zero attached hydrogens (tertiary/aromatic N) is 1. The van der Waals surface area contributed by atoms with Gasteiger partial charge in [-0.25, -0.2) is 18.1 Å². The van der Waals surface area contributed by atoms with Gasteiger partial charge in [0.1, 0.15) is 10.7 Å². The number of sulfonamides is 1. The van der Waals surface area contributed by atoms with E-state index < -0.39 is 15.9 Å². The third-order valence-corrected chi connectivity index (χ3v) is 4.15. The van der Waals surface area contributed by atoms with Crippen molar-refractivity contribution in [2.75, 3.05) is 25.5 Å². The maximum atomic E-state index is 12.0. The van der Waals surface area contributed by atoms with Gasteiger partial charge in [-0.3, -0.25) is 4.79 Å². The van der Waals surface area contributed by atoms with E-state index in [1.54, 1.807) is 7.05 Å². The molecule has 0 radical (unpaired) electrons. The lowest BCUT2D eigenvalue weighted by Crippen LogP contribution is -2.38. The summed E-state index contributed by atoms with van der Waals surface area (Å²) < 4.78 is 26.2. The quantitative estimate of drug-likeness (QED) is 0.685. The minimum absolute atomic E-state index is 0.0943. The number of rotatable bonds is 7. The molecule has 118 valence electrons. The molecule has 1 aromatic heterocycles. The number of hydrogen-bond acceptors (Lipinski definition) is 5. The number of anilines is 1. The van der Waals surface area contributed by atoms with Gasteiger partial charge in [0.05, 0.1) is 11.6 Å². The minimum Gasteiger partial charge on any atom is -0.372 e. The van der Waals surface area contributed by atoms with E-state index in [0.29, 0.717) is 18.3 Å². The molecular weight excluding hydrogens is 316 g/mol. The van der Waals surface area contributed by atoms with Gasteiger partial charge in [0.25, 0.3) is 0 Å². The molecule has 0 aliphatic heterocycles. The van der Waals surface area contributed by atoms with Gasteiger partial charge in [0.2, 0.25) is 15.9 Å². The van der Waals surface area contributed by atoms with Crippen molar-refractivity contribution in [2.24, 2.45) is 5.92 Å². The third kappa shape index (κ3) is 5.49. The van der Waals surface area contributed by atoms with E-state index in [2.05, 4.69) is 20.3 Å². The number of carbonyl (C=O) groups excluding carboxylic acids is 1. The molecule has 0 aliphatic carbocycles. The van der Waals surface area contributed by atoms with Crippen molar-refractivity contribution in [3.63, 3.8) is 0 Å². The summed E-state index contributed by atoms with van der Waals surface area (Å²) in [6.45, 7) is 4.05. The first-order valence-electron chi connectivity index (χ1n) is 6.36. The predicted molar refractivity (Wildman–Crippen MR) is 81.8 cm³/mol. The summed E-state index contributed by atoms with van der Waals surface area (Å²) in [5, 5.41) is 5.53. The van der Waals surface area contributed by atoms with Gasteiger partial charge >= 0.3 is 0 Å². The molecule has 1 rings (SSSR count). The van der Waals surface area contributed by atoms with Crippen LogP contribution in [0.4, 0.5) is 5.82 Å². The van der Waals surface area contributed by atoms with Crippen LogP contribution in [0.2, 0.25) is 5.02 Å². The number of amides is 1. The van der Waals surface area contributed by atoms with Gasteiger partial charge in [0, 0.05) is 19.8 Å². The van der Waals surface area contributed by atoms with E-state index in [1.807, 2.05) is 13.8 Å². The van der Waals surface area contributed by atoms with E-state index in [4.69, 9.17) is 11.6 Å². The molecule has 21 heavy (non-hydrogen) atoms. The van der Waals surface area contributed by atoms with Crippen LogP contribution in [-0.2, 0) is 14.8 Å². The molecule has 1 heterocycles. The fourth-order valence-electron chi connectivity index (χ4n) is 1.38. The van der Waals surface area contributed by atoms with Crippen molar-refractivity contribution in [1.82, 2.24) is 15.0 Å². The predicted octanol–water partition coefficient (Wildman–Crippen LogP) is 0.827. The first-order chi connectivity index (χ1) is 9.76. The molecule has 0 spiro atoms. The Morgan fingerprint density at radius 1 is 1.43 bits per heavy atom. The largest absolute Gasteiger partial charge is 0.372 e. The smallest absolute Gasteiger partial charge is 0.242 e. The Kier molecular flexibility index (Phi) is 6.38. The minimum atomic E-state index is -3.83. The number of carbonyl (C=O) groups is 1. The SMILES string of the molecule is CNc1ncc(S(=O)(=O)NCC(=O)NCC(C)C)cc1Cl. The fourth-order valence-corrected chi connectivity index (χ4v) is 2.65. The molecule has 0 atom stereocenters. The highest BCUT2D eigenvalue weighted by Crippen LogP contribution is 2.21. The van der Waals surface area contributed by atoms with Gasteiger partial charge in [-0.15, -0.1) is 0 Å². The van der Waals surface area contributed by atoms with Crippen LogP contribution in [0, 0.1) is 5.92 Å². The van der Waals surface area contributed by atoms with Crippen LogP contribution in [0.3, 0.4) is 0 Å². The average molecular weight is 335 g/mol. The highest BCUT2D eigenvalue weighted by Gasteiger charge is 2.17. The zero-order valence-corrected chi connectivity index (χ0v) is 13.7. The maximum absolute atomic E-state index is 12.0. The van der Waals surface area contributed by atoms with E-state index in [-0.39, 0.29) is 16.5 Å². The summed E-state index contributed by atoms with van der Waals surface area (Å²) in [6.07, 6.45) is 1.17. The van der Waals surface area contributed by atoms with Crippen molar-refractivity contribution in [3.05, 3.63) is 17.3 Å². The normalized spacial score (nSPS) is 11.5. The van der Waals surface area contributed by atoms with Crippen LogP contribution in [0.25, 0.3) is 0 Å². The number of nitrogens with one attached hydrogen (secondary N) is 3. The Labute approximate surface area is 129 Å². The van der Waals surface area contributed by atoms with E-state index in [0.717, 1.165) is 0 Å².